The average molecular weight is 290 g/mol. The Hall–Kier alpha value is -2.83. The minimum atomic E-state index is -1.29. The lowest BCUT2D eigenvalue weighted by Gasteiger charge is -2.10. The third-order valence-corrected chi connectivity index (χ3v) is 2.97. The number of benzene rings is 1. The van der Waals surface area contributed by atoms with Gasteiger partial charge in [-0.15, -0.1) is 0 Å². The molecule has 0 aliphatic carbocycles. The highest BCUT2D eigenvalue weighted by atomic mass is 16.5. The molecule has 1 N–H and O–H groups in total. The molecule has 0 aliphatic rings. The first-order chi connectivity index (χ1) is 9.97. The van der Waals surface area contributed by atoms with Crippen molar-refractivity contribution in [2.45, 2.75) is 0 Å². The molecule has 0 saturated carbocycles. The molecule has 0 aliphatic heterocycles. The van der Waals surface area contributed by atoms with Crippen LogP contribution < -0.4 is 15.0 Å². The summed E-state index contributed by atoms with van der Waals surface area (Å²) in [7, 11) is 4.42. The maximum absolute atomic E-state index is 11.7. The number of hydrogen-bond donors (Lipinski definition) is 1. The number of aromatic nitrogens is 2. The van der Waals surface area contributed by atoms with Crippen LogP contribution in [0.2, 0.25) is 0 Å². The van der Waals surface area contributed by atoms with Gasteiger partial charge < -0.3 is 14.6 Å². The third kappa shape index (κ3) is 2.71. The molecular formula is C14H14N2O5. The molecular weight excluding hydrogens is 276 g/mol. The summed E-state index contributed by atoms with van der Waals surface area (Å²) >= 11 is 0. The zero-order valence-corrected chi connectivity index (χ0v) is 11.8. The molecule has 21 heavy (non-hydrogen) atoms. The monoisotopic (exact) mass is 290 g/mol. The molecule has 1 aromatic carbocycles. The van der Waals surface area contributed by atoms with Gasteiger partial charge in [-0.25, -0.2) is 9.48 Å². The Morgan fingerprint density at radius 2 is 1.86 bits per heavy atom. The van der Waals surface area contributed by atoms with E-state index >= 15 is 0 Å². The maximum Gasteiger partial charge on any atom is 0.341 e. The van der Waals surface area contributed by atoms with E-state index in [2.05, 4.69) is 5.10 Å². The van der Waals surface area contributed by atoms with Crippen LogP contribution in [0.25, 0.3) is 11.3 Å². The smallest absolute Gasteiger partial charge is 0.341 e. The van der Waals surface area contributed by atoms with E-state index in [1.165, 1.54) is 27.3 Å². The quantitative estimate of drug-likeness (QED) is 0.908. The summed E-state index contributed by atoms with van der Waals surface area (Å²) in [5.74, 6) is -0.258. The first kappa shape index (κ1) is 14.6. The molecule has 0 spiro atoms. The highest BCUT2D eigenvalue weighted by Crippen LogP contribution is 2.31. The number of hydrogen-bond acceptors (Lipinski definition) is 5. The van der Waals surface area contributed by atoms with Crippen LogP contribution in [0.5, 0.6) is 11.5 Å². The van der Waals surface area contributed by atoms with Crippen LogP contribution in [0.3, 0.4) is 0 Å². The maximum atomic E-state index is 11.7. The molecule has 2 aromatic rings. The van der Waals surface area contributed by atoms with Gasteiger partial charge in [0.05, 0.1) is 19.9 Å². The Morgan fingerprint density at radius 1 is 1.19 bits per heavy atom. The fourth-order valence-corrected chi connectivity index (χ4v) is 1.90. The SMILES string of the molecule is COc1ccc(-c2cc(C(=O)O)c(=O)n(C)n2)cc1OC. The lowest BCUT2D eigenvalue weighted by atomic mass is 10.1. The zero-order valence-electron chi connectivity index (χ0n) is 11.8. The topological polar surface area (TPSA) is 90.7 Å². The van der Waals surface area contributed by atoms with E-state index in [1.54, 1.807) is 18.2 Å². The predicted octanol–water partition coefficient (Wildman–Crippen LogP) is 1.16. The molecule has 0 fully saturated rings. The number of aromatic carboxylic acids is 1. The summed E-state index contributed by atoms with van der Waals surface area (Å²) in [6, 6.07) is 6.30. The van der Waals surface area contributed by atoms with Crippen LogP contribution >= 0.6 is 0 Å². The Labute approximate surface area is 120 Å². The molecule has 0 saturated heterocycles. The molecule has 1 heterocycles. The van der Waals surface area contributed by atoms with Gasteiger partial charge in [0.2, 0.25) is 0 Å². The summed E-state index contributed by atoms with van der Waals surface area (Å²) in [4.78, 5) is 22.8. The number of rotatable bonds is 4. The normalized spacial score (nSPS) is 10.2. The Morgan fingerprint density at radius 3 is 2.43 bits per heavy atom. The molecule has 110 valence electrons. The summed E-state index contributed by atoms with van der Waals surface area (Å²) in [5.41, 5.74) is -0.0229. The van der Waals surface area contributed by atoms with E-state index in [0.717, 1.165) is 4.68 Å². The van der Waals surface area contributed by atoms with Crippen molar-refractivity contribution in [2.75, 3.05) is 14.2 Å². The molecule has 2 rings (SSSR count). The van der Waals surface area contributed by atoms with Crippen LogP contribution in [-0.2, 0) is 7.05 Å². The first-order valence-corrected chi connectivity index (χ1v) is 6.02. The van der Waals surface area contributed by atoms with Crippen molar-refractivity contribution in [1.29, 1.82) is 0 Å². The number of carboxylic acids is 1. The molecule has 1 aromatic heterocycles. The van der Waals surface area contributed by atoms with Crippen molar-refractivity contribution in [2.24, 2.45) is 7.05 Å². The number of aryl methyl sites for hydroxylation is 1. The molecule has 0 bridgehead atoms. The first-order valence-electron chi connectivity index (χ1n) is 6.02. The highest BCUT2D eigenvalue weighted by molar-refractivity contribution is 5.88. The summed E-state index contributed by atoms with van der Waals surface area (Å²) in [5, 5.41) is 13.1. The second-order valence-electron chi connectivity index (χ2n) is 4.25. The van der Waals surface area contributed by atoms with Crippen LogP contribution in [0.4, 0.5) is 0 Å². The molecule has 7 heteroatoms. The van der Waals surface area contributed by atoms with Crippen molar-refractivity contribution >= 4 is 5.97 Å². The van der Waals surface area contributed by atoms with Crippen molar-refractivity contribution in [1.82, 2.24) is 9.78 Å². The van der Waals surface area contributed by atoms with Gasteiger partial charge in [0, 0.05) is 12.6 Å². The fraction of sp³-hybridized carbons (Fsp3) is 0.214. The van der Waals surface area contributed by atoms with Crippen LogP contribution in [0, 0.1) is 0 Å². The number of nitrogens with zero attached hydrogens (tertiary/aromatic N) is 2. The van der Waals surface area contributed by atoms with Crippen LogP contribution in [0.15, 0.2) is 29.1 Å². The van der Waals surface area contributed by atoms with E-state index in [9.17, 15) is 9.59 Å². The number of carboxylic acid groups (broad SMARTS) is 1. The molecule has 0 atom stereocenters. The Bertz CT molecular complexity index is 752. The predicted molar refractivity (Wildman–Crippen MR) is 75.0 cm³/mol. The van der Waals surface area contributed by atoms with Crippen molar-refractivity contribution in [3.05, 3.63) is 40.2 Å². The highest BCUT2D eigenvalue weighted by Gasteiger charge is 2.15. The van der Waals surface area contributed by atoms with Gasteiger partial charge in [0.25, 0.3) is 5.56 Å². The van der Waals surface area contributed by atoms with E-state index in [-0.39, 0.29) is 5.56 Å². The van der Waals surface area contributed by atoms with Gasteiger partial charge in [-0.1, -0.05) is 0 Å². The second-order valence-corrected chi connectivity index (χ2v) is 4.25. The van der Waals surface area contributed by atoms with Gasteiger partial charge >= 0.3 is 5.97 Å². The summed E-state index contributed by atoms with van der Waals surface area (Å²) in [6.45, 7) is 0. The Kier molecular flexibility index (Phi) is 3.93. The minimum Gasteiger partial charge on any atom is -0.493 e. The number of ether oxygens (including phenoxy) is 2. The fourth-order valence-electron chi connectivity index (χ4n) is 1.90. The van der Waals surface area contributed by atoms with Crippen molar-refractivity contribution in [3.63, 3.8) is 0 Å². The van der Waals surface area contributed by atoms with Gasteiger partial charge in [0.15, 0.2) is 11.5 Å². The molecule has 0 unspecified atom stereocenters. The van der Waals surface area contributed by atoms with Crippen molar-refractivity contribution < 1.29 is 19.4 Å². The molecule has 0 amide bonds. The van der Waals surface area contributed by atoms with Gasteiger partial charge in [-0.2, -0.15) is 5.10 Å². The molecule has 0 radical (unpaired) electrons. The average Bonchev–Trinajstić information content (AvgIpc) is 2.48. The zero-order chi connectivity index (χ0) is 15.6. The Balaban J connectivity index is 2.62. The van der Waals surface area contributed by atoms with E-state index in [1.807, 2.05) is 0 Å². The number of carbonyl (C=O) groups is 1. The van der Waals surface area contributed by atoms with E-state index in [4.69, 9.17) is 14.6 Å². The standard InChI is InChI=1S/C14H14N2O5/c1-16-13(17)9(14(18)19)7-10(15-16)8-4-5-11(20-2)12(6-8)21-3/h4-7H,1-3H3,(H,18,19). The van der Waals surface area contributed by atoms with Crippen LogP contribution in [0.1, 0.15) is 10.4 Å². The summed E-state index contributed by atoms with van der Waals surface area (Å²) in [6.07, 6.45) is 0. The van der Waals surface area contributed by atoms with E-state index in [0.29, 0.717) is 22.8 Å². The van der Waals surface area contributed by atoms with Crippen LogP contribution in [-0.4, -0.2) is 35.1 Å². The van der Waals surface area contributed by atoms with Gasteiger partial charge in [-0.05, 0) is 24.3 Å². The largest absolute Gasteiger partial charge is 0.493 e. The lowest BCUT2D eigenvalue weighted by Crippen LogP contribution is -2.26. The summed E-state index contributed by atoms with van der Waals surface area (Å²) < 4.78 is 11.3. The lowest BCUT2D eigenvalue weighted by molar-refractivity contribution is 0.0694. The minimum absolute atomic E-state index is 0.336. The molecule has 7 nitrogen and oxygen atoms in total. The van der Waals surface area contributed by atoms with Gasteiger partial charge in [-0.3, -0.25) is 4.79 Å². The van der Waals surface area contributed by atoms with E-state index < -0.39 is 11.5 Å². The third-order valence-electron chi connectivity index (χ3n) is 2.97. The second kappa shape index (κ2) is 5.66. The number of methoxy groups -OCH3 is 2. The van der Waals surface area contributed by atoms with Crippen molar-refractivity contribution in [3.8, 4) is 22.8 Å². The van der Waals surface area contributed by atoms with Gasteiger partial charge in [0.1, 0.15) is 5.56 Å².